The normalized spacial score (nSPS) is 11.8. The molecule has 2 heterocycles. The summed E-state index contributed by atoms with van der Waals surface area (Å²) in [5.41, 5.74) is 2.43. The quantitative estimate of drug-likeness (QED) is 0.851. The van der Waals surface area contributed by atoms with E-state index >= 15 is 0 Å². The Kier molecular flexibility index (Phi) is 5.20. The topological polar surface area (TPSA) is 46.2 Å². The molecule has 5 heteroatoms. The number of aryl methyl sites for hydroxylation is 2. The van der Waals surface area contributed by atoms with Crippen molar-refractivity contribution in [2.45, 2.75) is 46.4 Å². The molecule has 5 nitrogen and oxygen atoms in total. The second-order valence-corrected chi connectivity index (χ2v) is 6.05. The minimum absolute atomic E-state index is 0.464. The fourth-order valence-corrected chi connectivity index (χ4v) is 2.33. The van der Waals surface area contributed by atoms with Gasteiger partial charge in [-0.2, -0.15) is 5.10 Å². The van der Waals surface area contributed by atoms with E-state index in [1.807, 2.05) is 24.1 Å². The van der Waals surface area contributed by atoms with Gasteiger partial charge < -0.3 is 9.73 Å². The first kappa shape index (κ1) is 15.8. The third kappa shape index (κ3) is 4.72. The Balaban J connectivity index is 1.91. The van der Waals surface area contributed by atoms with Crippen LogP contribution in [0, 0.1) is 6.92 Å². The molecule has 0 aliphatic heterocycles. The van der Waals surface area contributed by atoms with Crippen LogP contribution in [0.1, 0.15) is 36.5 Å². The molecule has 0 aliphatic rings. The molecule has 0 aliphatic carbocycles. The van der Waals surface area contributed by atoms with Crippen LogP contribution in [-0.4, -0.2) is 27.8 Å². The molecule has 21 heavy (non-hydrogen) atoms. The van der Waals surface area contributed by atoms with Crippen molar-refractivity contribution in [2.24, 2.45) is 7.05 Å². The van der Waals surface area contributed by atoms with E-state index in [4.69, 9.17) is 4.42 Å². The summed E-state index contributed by atoms with van der Waals surface area (Å²) in [4.78, 5) is 2.23. The third-order valence-corrected chi connectivity index (χ3v) is 3.38. The predicted octanol–water partition coefficient (Wildman–Crippen LogP) is 2.45. The zero-order chi connectivity index (χ0) is 15.4. The van der Waals surface area contributed by atoms with Crippen LogP contribution < -0.4 is 5.32 Å². The van der Waals surface area contributed by atoms with Crippen LogP contribution in [0.2, 0.25) is 0 Å². The minimum atomic E-state index is 0.464. The van der Waals surface area contributed by atoms with Crippen LogP contribution in [0.5, 0.6) is 0 Å². The molecule has 0 fully saturated rings. The van der Waals surface area contributed by atoms with Crippen LogP contribution in [-0.2, 0) is 26.7 Å². The molecule has 0 spiro atoms. The van der Waals surface area contributed by atoms with Crippen molar-refractivity contribution in [1.82, 2.24) is 20.0 Å². The van der Waals surface area contributed by atoms with Gasteiger partial charge in [-0.15, -0.1) is 0 Å². The molecule has 0 saturated carbocycles. The molecule has 0 radical (unpaired) electrons. The molecule has 1 N–H and O–H groups in total. The van der Waals surface area contributed by atoms with Crippen LogP contribution in [0.4, 0.5) is 0 Å². The van der Waals surface area contributed by atoms with Crippen LogP contribution in [0.3, 0.4) is 0 Å². The summed E-state index contributed by atoms with van der Waals surface area (Å²) >= 11 is 0. The Labute approximate surface area is 126 Å². The maximum Gasteiger partial charge on any atom is 0.120 e. The van der Waals surface area contributed by atoms with E-state index in [1.54, 1.807) is 0 Å². The van der Waals surface area contributed by atoms with Crippen molar-refractivity contribution < 1.29 is 4.42 Å². The number of aromatic nitrogens is 2. The van der Waals surface area contributed by atoms with Gasteiger partial charge in [0, 0.05) is 31.4 Å². The standard InChI is InChI=1S/C16H26N4O/c1-12(2)17-8-16-13(3)6-15(21-16)11-19(4)9-14-7-18-20(5)10-14/h6-7,10,12,17H,8-9,11H2,1-5H3. The highest BCUT2D eigenvalue weighted by atomic mass is 16.3. The number of nitrogens with one attached hydrogen (secondary N) is 1. The second-order valence-electron chi connectivity index (χ2n) is 6.05. The Morgan fingerprint density at radius 3 is 2.76 bits per heavy atom. The molecule has 0 bridgehead atoms. The highest BCUT2D eigenvalue weighted by Gasteiger charge is 2.10. The van der Waals surface area contributed by atoms with E-state index in [1.165, 1.54) is 11.1 Å². The molecule has 0 atom stereocenters. The summed E-state index contributed by atoms with van der Waals surface area (Å²) in [5.74, 6) is 2.05. The van der Waals surface area contributed by atoms with Crippen molar-refractivity contribution in [1.29, 1.82) is 0 Å². The van der Waals surface area contributed by atoms with E-state index < -0.39 is 0 Å². The van der Waals surface area contributed by atoms with E-state index in [0.717, 1.165) is 31.2 Å². The van der Waals surface area contributed by atoms with E-state index in [9.17, 15) is 0 Å². The summed E-state index contributed by atoms with van der Waals surface area (Å²) in [5, 5.41) is 7.59. The minimum Gasteiger partial charge on any atom is -0.463 e. The smallest absolute Gasteiger partial charge is 0.120 e. The molecule has 0 amide bonds. The Bertz CT molecular complexity index is 571. The van der Waals surface area contributed by atoms with Crippen molar-refractivity contribution in [3.8, 4) is 0 Å². The first-order valence-corrected chi connectivity index (χ1v) is 7.41. The van der Waals surface area contributed by atoms with Gasteiger partial charge in [-0.05, 0) is 25.6 Å². The average Bonchev–Trinajstić information content (AvgIpc) is 2.93. The monoisotopic (exact) mass is 290 g/mol. The van der Waals surface area contributed by atoms with Gasteiger partial charge in [0.2, 0.25) is 0 Å². The highest BCUT2D eigenvalue weighted by Crippen LogP contribution is 2.17. The summed E-state index contributed by atoms with van der Waals surface area (Å²) in [6.07, 6.45) is 3.95. The Morgan fingerprint density at radius 2 is 2.14 bits per heavy atom. The fourth-order valence-electron chi connectivity index (χ4n) is 2.33. The van der Waals surface area contributed by atoms with Gasteiger partial charge in [0.1, 0.15) is 11.5 Å². The lowest BCUT2D eigenvalue weighted by atomic mass is 10.2. The van der Waals surface area contributed by atoms with Gasteiger partial charge in [0.25, 0.3) is 0 Å². The Hall–Kier alpha value is -1.59. The number of rotatable bonds is 7. The number of nitrogens with zero attached hydrogens (tertiary/aromatic N) is 3. The van der Waals surface area contributed by atoms with Gasteiger partial charge in [-0.1, -0.05) is 13.8 Å². The van der Waals surface area contributed by atoms with E-state index in [0.29, 0.717) is 6.04 Å². The molecule has 116 valence electrons. The zero-order valence-electron chi connectivity index (χ0n) is 13.7. The summed E-state index contributed by atoms with van der Waals surface area (Å²) in [6.45, 7) is 8.84. The maximum absolute atomic E-state index is 5.95. The number of hydrogen-bond donors (Lipinski definition) is 1. The highest BCUT2D eigenvalue weighted by molar-refractivity contribution is 5.20. The van der Waals surface area contributed by atoms with Crippen LogP contribution in [0.25, 0.3) is 0 Å². The summed E-state index contributed by atoms with van der Waals surface area (Å²) in [7, 11) is 4.03. The first-order valence-electron chi connectivity index (χ1n) is 7.41. The molecule has 2 aromatic rings. The lowest BCUT2D eigenvalue weighted by Crippen LogP contribution is -2.21. The van der Waals surface area contributed by atoms with Crippen molar-refractivity contribution in [3.63, 3.8) is 0 Å². The van der Waals surface area contributed by atoms with Crippen LogP contribution >= 0.6 is 0 Å². The number of furan rings is 1. The largest absolute Gasteiger partial charge is 0.463 e. The SMILES string of the molecule is Cc1cc(CN(C)Cc2cnn(C)c2)oc1CNC(C)C. The molecule has 0 saturated heterocycles. The van der Waals surface area contributed by atoms with Gasteiger partial charge >= 0.3 is 0 Å². The van der Waals surface area contributed by atoms with Gasteiger partial charge in [0.05, 0.1) is 19.3 Å². The van der Waals surface area contributed by atoms with Crippen LogP contribution in [0.15, 0.2) is 22.9 Å². The maximum atomic E-state index is 5.95. The molecular weight excluding hydrogens is 264 g/mol. The first-order chi connectivity index (χ1) is 9.94. The van der Waals surface area contributed by atoms with E-state index in [2.05, 4.69) is 49.2 Å². The average molecular weight is 290 g/mol. The fraction of sp³-hybridized carbons (Fsp3) is 0.562. The van der Waals surface area contributed by atoms with Crippen molar-refractivity contribution >= 4 is 0 Å². The van der Waals surface area contributed by atoms with Crippen molar-refractivity contribution in [3.05, 3.63) is 41.1 Å². The molecule has 0 aromatic carbocycles. The lowest BCUT2D eigenvalue weighted by molar-refractivity contribution is 0.282. The zero-order valence-corrected chi connectivity index (χ0v) is 13.7. The predicted molar refractivity (Wildman–Crippen MR) is 83.8 cm³/mol. The summed E-state index contributed by atoms with van der Waals surface area (Å²) < 4.78 is 7.78. The third-order valence-electron chi connectivity index (χ3n) is 3.38. The van der Waals surface area contributed by atoms with Crippen molar-refractivity contribution in [2.75, 3.05) is 7.05 Å². The van der Waals surface area contributed by atoms with E-state index in [-0.39, 0.29) is 0 Å². The molecule has 2 aromatic heterocycles. The summed E-state index contributed by atoms with van der Waals surface area (Å²) in [6, 6.07) is 2.60. The molecular formula is C16H26N4O. The molecule has 2 rings (SSSR count). The lowest BCUT2D eigenvalue weighted by Gasteiger charge is -2.13. The van der Waals surface area contributed by atoms with Gasteiger partial charge in [-0.3, -0.25) is 9.58 Å². The van der Waals surface area contributed by atoms with Gasteiger partial charge in [-0.25, -0.2) is 0 Å². The number of hydrogen-bond acceptors (Lipinski definition) is 4. The Morgan fingerprint density at radius 1 is 1.38 bits per heavy atom. The van der Waals surface area contributed by atoms with Gasteiger partial charge in [0.15, 0.2) is 0 Å². The second kappa shape index (κ2) is 6.91. The molecule has 0 unspecified atom stereocenters.